The third-order valence-corrected chi connectivity index (χ3v) is 3.90. The maximum atomic E-state index is 11.9. The molecule has 0 radical (unpaired) electrons. The molecule has 1 heterocycles. The fourth-order valence-corrected chi connectivity index (χ4v) is 2.78. The van der Waals surface area contributed by atoms with Gasteiger partial charge in [0.1, 0.15) is 0 Å². The van der Waals surface area contributed by atoms with Gasteiger partial charge in [-0.05, 0) is 19.1 Å². The highest BCUT2D eigenvalue weighted by Crippen LogP contribution is 2.26. The highest BCUT2D eigenvalue weighted by molar-refractivity contribution is 7.85. The predicted molar refractivity (Wildman–Crippen MR) is 55.6 cm³/mol. The molecule has 0 aromatic heterocycles. The molecule has 0 spiro atoms. The number of anilines is 1. The van der Waals surface area contributed by atoms with E-state index in [-0.39, 0.29) is 11.2 Å². The van der Waals surface area contributed by atoms with E-state index in [1.54, 1.807) is 12.1 Å². The van der Waals surface area contributed by atoms with E-state index >= 15 is 0 Å². The van der Waals surface area contributed by atoms with Crippen molar-refractivity contribution >= 4 is 22.4 Å². The number of hydrogen-bond acceptors (Lipinski definition) is 2. The summed E-state index contributed by atoms with van der Waals surface area (Å²) in [7, 11) is -1.08. The molecule has 1 aromatic rings. The molecular weight excluding hydrogens is 198 g/mol. The van der Waals surface area contributed by atoms with Crippen LogP contribution in [0.25, 0.3) is 0 Å². The van der Waals surface area contributed by atoms with Gasteiger partial charge in [0.05, 0.1) is 21.4 Å². The van der Waals surface area contributed by atoms with Crippen LogP contribution in [0.2, 0.25) is 0 Å². The predicted octanol–water partition coefficient (Wildman–Crippen LogP) is 1.52. The summed E-state index contributed by atoms with van der Waals surface area (Å²) in [4.78, 5) is 12.1. The van der Waals surface area contributed by atoms with Gasteiger partial charge in [-0.15, -0.1) is 0 Å². The molecule has 74 valence electrons. The average Bonchev–Trinajstić information content (AvgIpc) is 2.26. The van der Waals surface area contributed by atoms with Crippen molar-refractivity contribution < 1.29 is 9.00 Å². The van der Waals surface area contributed by atoms with E-state index in [9.17, 15) is 9.00 Å². The summed E-state index contributed by atoms with van der Waals surface area (Å²) in [5, 5.41) is 2.64. The molecule has 1 amide bonds. The van der Waals surface area contributed by atoms with Crippen molar-refractivity contribution in [2.45, 2.75) is 23.5 Å². The number of fused-ring (bicyclic) bond motifs is 1. The molecule has 1 N–H and O–H groups in total. The SMILES string of the molecule is C[C@@H]1CC(=O)Nc2ccccc2S1=O. The largest absolute Gasteiger partial charge is 0.325 e. The van der Waals surface area contributed by atoms with Crippen LogP contribution in [0.4, 0.5) is 5.69 Å². The fraction of sp³-hybridized carbons (Fsp3) is 0.300. The first-order valence-electron chi connectivity index (χ1n) is 4.48. The van der Waals surface area contributed by atoms with Crippen molar-refractivity contribution in [1.29, 1.82) is 0 Å². The van der Waals surface area contributed by atoms with Crippen LogP contribution in [0.5, 0.6) is 0 Å². The maximum Gasteiger partial charge on any atom is 0.225 e. The van der Waals surface area contributed by atoms with Gasteiger partial charge in [0.15, 0.2) is 0 Å². The average molecular weight is 209 g/mol. The second-order valence-electron chi connectivity index (χ2n) is 3.36. The van der Waals surface area contributed by atoms with Crippen LogP contribution >= 0.6 is 0 Å². The second kappa shape index (κ2) is 3.53. The number of carbonyl (C=O) groups excluding carboxylic acids is 1. The lowest BCUT2D eigenvalue weighted by Crippen LogP contribution is -2.16. The van der Waals surface area contributed by atoms with E-state index in [4.69, 9.17) is 0 Å². The van der Waals surface area contributed by atoms with Gasteiger partial charge in [0.2, 0.25) is 5.91 Å². The molecule has 0 saturated carbocycles. The number of benzene rings is 1. The molecule has 0 fully saturated rings. The van der Waals surface area contributed by atoms with E-state index < -0.39 is 10.8 Å². The Bertz CT molecular complexity index is 403. The Morgan fingerprint density at radius 3 is 2.93 bits per heavy atom. The van der Waals surface area contributed by atoms with Crippen molar-refractivity contribution in [3.05, 3.63) is 24.3 Å². The molecule has 1 unspecified atom stereocenters. The molecule has 2 rings (SSSR count). The quantitative estimate of drug-likeness (QED) is 0.704. The lowest BCUT2D eigenvalue weighted by molar-refractivity contribution is -0.116. The Labute approximate surface area is 85.0 Å². The molecule has 2 atom stereocenters. The summed E-state index contributed by atoms with van der Waals surface area (Å²) in [5.74, 6) is -0.0594. The van der Waals surface area contributed by atoms with Crippen molar-refractivity contribution in [3.8, 4) is 0 Å². The Morgan fingerprint density at radius 1 is 1.43 bits per heavy atom. The highest BCUT2D eigenvalue weighted by Gasteiger charge is 2.23. The minimum atomic E-state index is -1.08. The van der Waals surface area contributed by atoms with Crippen molar-refractivity contribution in [3.63, 3.8) is 0 Å². The van der Waals surface area contributed by atoms with Crippen molar-refractivity contribution in [2.24, 2.45) is 0 Å². The van der Waals surface area contributed by atoms with Gasteiger partial charge >= 0.3 is 0 Å². The summed E-state index contributed by atoms with van der Waals surface area (Å²) in [6, 6.07) is 7.24. The van der Waals surface area contributed by atoms with Crippen LogP contribution in [0.1, 0.15) is 13.3 Å². The summed E-state index contributed by atoms with van der Waals surface area (Å²) in [6.07, 6.45) is 0.321. The summed E-state index contributed by atoms with van der Waals surface area (Å²) in [6.45, 7) is 1.83. The topological polar surface area (TPSA) is 46.2 Å². The molecule has 14 heavy (non-hydrogen) atoms. The molecule has 0 saturated heterocycles. The second-order valence-corrected chi connectivity index (χ2v) is 5.20. The van der Waals surface area contributed by atoms with E-state index in [1.807, 2.05) is 19.1 Å². The third-order valence-electron chi connectivity index (χ3n) is 2.22. The number of rotatable bonds is 0. The zero-order valence-electron chi connectivity index (χ0n) is 7.82. The Balaban J connectivity index is 2.52. The van der Waals surface area contributed by atoms with Crippen LogP contribution in [0, 0.1) is 0 Å². The smallest absolute Gasteiger partial charge is 0.225 e. The number of para-hydroxylation sites is 1. The number of hydrogen-bond donors (Lipinski definition) is 1. The molecular formula is C10H11NO2S. The van der Waals surface area contributed by atoms with Crippen LogP contribution in [-0.4, -0.2) is 15.4 Å². The van der Waals surface area contributed by atoms with Gasteiger partial charge in [-0.25, -0.2) is 0 Å². The first kappa shape index (κ1) is 9.40. The van der Waals surface area contributed by atoms with E-state index in [1.165, 1.54) is 0 Å². The standard InChI is InChI=1S/C10H11NO2S/c1-7-6-10(12)11-8-4-2-3-5-9(8)14(7)13/h2-5,7H,6H2,1H3,(H,11,12)/t7-,14?/m1/s1. The van der Waals surface area contributed by atoms with Gasteiger partial charge in [-0.1, -0.05) is 12.1 Å². The van der Waals surface area contributed by atoms with Crippen molar-refractivity contribution in [1.82, 2.24) is 0 Å². The molecule has 1 aromatic carbocycles. The number of nitrogens with one attached hydrogen (secondary N) is 1. The third kappa shape index (κ3) is 1.57. The highest BCUT2D eigenvalue weighted by atomic mass is 32.2. The van der Waals surface area contributed by atoms with Gasteiger partial charge in [-0.3, -0.25) is 9.00 Å². The summed E-state index contributed by atoms with van der Waals surface area (Å²) >= 11 is 0. The van der Waals surface area contributed by atoms with Gasteiger partial charge < -0.3 is 5.32 Å². The van der Waals surface area contributed by atoms with Gasteiger partial charge in [0.25, 0.3) is 0 Å². The monoisotopic (exact) mass is 209 g/mol. The summed E-state index contributed by atoms with van der Waals surface area (Å²) < 4.78 is 11.9. The molecule has 1 aliphatic heterocycles. The van der Waals surface area contributed by atoms with E-state index in [0.717, 1.165) is 4.90 Å². The Hall–Kier alpha value is -1.16. The fourth-order valence-electron chi connectivity index (χ4n) is 1.50. The Morgan fingerprint density at radius 2 is 2.14 bits per heavy atom. The van der Waals surface area contributed by atoms with Gasteiger partial charge in [-0.2, -0.15) is 0 Å². The van der Waals surface area contributed by atoms with Gasteiger partial charge in [0, 0.05) is 11.7 Å². The summed E-state index contributed by atoms with van der Waals surface area (Å²) in [5.41, 5.74) is 0.681. The minimum absolute atomic E-state index is 0.0594. The van der Waals surface area contributed by atoms with Crippen molar-refractivity contribution in [2.75, 3.05) is 5.32 Å². The van der Waals surface area contributed by atoms with Crippen LogP contribution in [0.3, 0.4) is 0 Å². The van der Waals surface area contributed by atoms with Crippen LogP contribution in [-0.2, 0) is 15.6 Å². The minimum Gasteiger partial charge on any atom is -0.325 e. The van der Waals surface area contributed by atoms with Crippen LogP contribution in [0.15, 0.2) is 29.2 Å². The molecule has 4 heteroatoms. The molecule has 0 bridgehead atoms. The lowest BCUT2D eigenvalue weighted by atomic mass is 10.3. The zero-order chi connectivity index (χ0) is 10.1. The molecule has 0 aliphatic carbocycles. The lowest BCUT2D eigenvalue weighted by Gasteiger charge is -2.06. The maximum absolute atomic E-state index is 11.9. The van der Waals surface area contributed by atoms with E-state index in [2.05, 4.69) is 5.32 Å². The zero-order valence-corrected chi connectivity index (χ0v) is 8.64. The first-order chi connectivity index (χ1) is 6.68. The molecule has 1 aliphatic rings. The van der Waals surface area contributed by atoms with E-state index in [0.29, 0.717) is 12.1 Å². The normalized spacial score (nSPS) is 26.2. The first-order valence-corrected chi connectivity index (χ1v) is 5.69. The number of amides is 1. The molecule has 3 nitrogen and oxygen atoms in total. The number of carbonyl (C=O) groups is 1. The van der Waals surface area contributed by atoms with Crippen LogP contribution < -0.4 is 5.32 Å². The Kier molecular flexibility index (Phi) is 2.37.